The first-order valence-corrected chi connectivity index (χ1v) is 10.7. The van der Waals surface area contributed by atoms with Gasteiger partial charge in [0.15, 0.2) is 5.82 Å². The van der Waals surface area contributed by atoms with Crippen molar-refractivity contribution < 1.29 is 9.90 Å². The van der Waals surface area contributed by atoms with Crippen molar-refractivity contribution in [1.29, 1.82) is 0 Å². The average molecular weight is 422 g/mol. The molecule has 0 saturated heterocycles. The fourth-order valence-corrected chi connectivity index (χ4v) is 4.13. The van der Waals surface area contributed by atoms with E-state index in [4.69, 9.17) is 9.97 Å². The Hall–Kier alpha value is -3.83. The number of nitrogens with one attached hydrogen (secondary N) is 1. The molecule has 1 unspecified atom stereocenters. The van der Waals surface area contributed by atoms with E-state index < -0.39 is 6.10 Å². The number of hydrogen-bond acceptors (Lipinski definition) is 4. The smallest absolute Gasteiger partial charge is 0.229 e. The van der Waals surface area contributed by atoms with E-state index in [1.54, 1.807) is 0 Å². The van der Waals surface area contributed by atoms with Crippen molar-refractivity contribution in [2.75, 3.05) is 5.32 Å². The van der Waals surface area contributed by atoms with Crippen LogP contribution in [0.3, 0.4) is 0 Å². The number of aryl methyl sites for hydroxylation is 2. The van der Waals surface area contributed by atoms with Crippen molar-refractivity contribution in [1.82, 2.24) is 9.97 Å². The summed E-state index contributed by atoms with van der Waals surface area (Å²) in [5, 5.41) is 14.1. The van der Waals surface area contributed by atoms with Gasteiger partial charge in [-0.2, -0.15) is 0 Å². The van der Waals surface area contributed by atoms with E-state index >= 15 is 0 Å². The molecule has 1 atom stereocenters. The molecule has 158 valence electrons. The fourth-order valence-electron chi connectivity index (χ4n) is 4.13. The number of aliphatic hydroxyl groups is 1. The molecule has 1 aromatic heterocycles. The number of benzene rings is 3. The molecular weight excluding hydrogens is 398 g/mol. The zero-order chi connectivity index (χ0) is 21.9. The van der Waals surface area contributed by atoms with Crippen LogP contribution in [-0.4, -0.2) is 21.0 Å². The summed E-state index contributed by atoms with van der Waals surface area (Å²) in [6.07, 6.45) is 0.831. The number of rotatable bonds is 5. The van der Waals surface area contributed by atoms with Gasteiger partial charge in [-0.15, -0.1) is 0 Å². The second-order valence-electron chi connectivity index (χ2n) is 7.93. The Labute approximate surface area is 186 Å². The molecule has 5 rings (SSSR count). The minimum absolute atomic E-state index is 0.192. The number of aliphatic hydroxyl groups excluding tert-OH is 1. The Morgan fingerprint density at radius 2 is 1.56 bits per heavy atom. The molecule has 0 spiro atoms. The van der Waals surface area contributed by atoms with Crippen LogP contribution in [0.1, 0.15) is 34.2 Å². The lowest BCUT2D eigenvalue weighted by molar-refractivity contribution is -0.115. The molecule has 1 amide bonds. The number of aromatic nitrogens is 2. The summed E-state index contributed by atoms with van der Waals surface area (Å²) in [5.41, 5.74) is 5.83. The van der Waals surface area contributed by atoms with Crippen molar-refractivity contribution in [3.05, 3.63) is 113 Å². The zero-order valence-electron chi connectivity index (χ0n) is 17.5. The summed E-state index contributed by atoms with van der Waals surface area (Å²) >= 11 is 0. The Kier molecular flexibility index (Phi) is 5.48. The van der Waals surface area contributed by atoms with E-state index in [9.17, 15) is 9.90 Å². The molecule has 0 bridgehead atoms. The predicted octanol–water partition coefficient (Wildman–Crippen LogP) is 4.51. The van der Waals surface area contributed by atoms with E-state index in [1.807, 2.05) is 78.9 Å². The number of carbonyl (C=O) groups is 1. The molecule has 32 heavy (non-hydrogen) atoms. The van der Waals surface area contributed by atoms with Crippen LogP contribution in [-0.2, 0) is 24.1 Å². The van der Waals surface area contributed by atoms with E-state index in [0.717, 1.165) is 35.4 Å². The highest BCUT2D eigenvalue weighted by atomic mass is 16.3. The Morgan fingerprint density at radius 3 is 2.34 bits per heavy atom. The van der Waals surface area contributed by atoms with Crippen LogP contribution >= 0.6 is 0 Å². The van der Waals surface area contributed by atoms with Gasteiger partial charge >= 0.3 is 0 Å². The van der Waals surface area contributed by atoms with Gasteiger partial charge in [0, 0.05) is 5.56 Å². The van der Waals surface area contributed by atoms with E-state index in [2.05, 4.69) is 11.4 Å². The maximum Gasteiger partial charge on any atom is 0.229 e. The van der Waals surface area contributed by atoms with Gasteiger partial charge in [-0.3, -0.25) is 4.79 Å². The maximum absolute atomic E-state index is 12.8. The van der Waals surface area contributed by atoms with Gasteiger partial charge in [-0.25, -0.2) is 9.97 Å². The molecule has 1 aliphatic rings. The second-order valence-corrected chi connectivity index (χ2v) is 7.93. The summed E-state index contributed by atoms with van der Waals surface area (Å²) in [4.78, 5) is 22.4. The minimum atomic E-state index is -1.00. The minimum Gasteiger partial charge on any atom is -0.382 e. The molecule has 5 nitrogen and oxygen atoms in total. The first-order valence-electron chi connectivity index (χ1n) is 10.7. The predicted molar refractivity (Wildman–Crippen MR) is 124 cm³/mol. The van der Waals surface area contributed by atoms with Crippen LogP contribution in [0.15, 0.2) is 84.9 Å². The third kappa shape index (κ3) is 4.03. The lowest BCUT2D eigenvalue weighted by Gasteiger charge is -2.22. The molecule has 0 saturated carbocycles. The SMILES string of the molecule is O=C(Cc1ccccc1)Nc1nc2c(nc1C(O)c1ccccc1)-c1ccccc1CC2. The van der Waals surface area contributed by atoms with E-state index in [-0.39, 0.29) is 12.3 Å². The van der Waals surface area contributed by atoms with Gasteiger partial charge < -0.3 is 10.4 Å². The quantitative estimate of drug-likeness (QED) is 0.497. The maximum atomic E-state index is 12.8. The van der Waals surface area contributed by atoms with Crippen molar-refractivity contribution >= 4 is 11.7 Å². The van der Waals surface area contributed by atoms with Gasteiger partial charge in [0.1, 0.15) is 11.8 Å². The number of hydrogen-bond donors (Lipinski definition) is 2. The van der Waals surface area contributed by atoms with Crippen molar-refractivity contribution in [3.8, 4) is 11.3 Å². The van der Waals surface area contributed by atoms with Crippen LogP contribution in [0.4, 0.5) is 5.82 Å². The van der Waals surface area contributed by atoms with Crippen molar-refractivity contribution in [2.45, 2.75) is 25.4 Å². The van der Waals surface area contributed by atoms with E-state index in [1.165, 1.54) is 5.56 Å². The third-order valence-electron chi connectivity index (χ3n) is 5.74. The lowest BCUT2D eigenvalue weighted by Crippen LogP contribution is -2.21. The fraction of sp³-hybridized carbons (Fsp3) is 0.148. The molecule has 0 fully saturated rings. The third-order valence-corrected chi connectivity index (χ3v) is 5.74. The van der Waals surface area contributed by atoms with Crippen LogP contribution < -0.4 is 5.32 Å². The number of anilines is 1. The molecule has 4 aromatic rings. The first kappa shape index (κ1) is 20.1. The van der Waals surface area contributed by atoms with Crippen molar-refractivity contribution in [2.24, 2.45) is 0 Å². The molecule has 1 aliphatic carbocycles. The number of amides is 1. The highest BCUT2D eigenvalue weighted by molar-refractivity contribution is 5.92. The Bertz CT molecular complexity index is 1260. The highest BCUT2D eigenvalue weighted by Gasteiger charge is 2.26. The Balaban J connectivity index is 1.55. The van der Waals surface area contributed by atoms with E-state index in [0.29, 0.717) is 17.1 Å². The standard InChI is InChI=1S/C27H23N3O2/c31-23(17-18-9-3-1-4-10-18)29-27-25(26(32)20-12-5-2-6-13-20)30-24-21-14-8-7-11-19(21)15-16-22(24)28-27/h1-14,26,32H,15-17H2,(H,28,29,31). The zero-order valence-corrected chi connectivity index (χ0v) is 17.5. The van der Waals surface area contributed by atoms with Crippen LogP contribution in [0.25, 0.3) is 11.3 Å². The van der Waals surface area contributed by atoms with Gasteiger partial charge in [0.2, 0.25) is 5.91 Å². The van der Waals surface area contributed by atoms with Crippen molar-refractivity contribution in [3.63, 3.8) is 0 Å². The molecule has 1 heterocycles. The molecular formula is C27H23N3O2. The first-order chi connectivity index (χ1) is 15.7. The van der Waals surface area contributed by atoms with Gasteiger partial charge in [-0.05, 0) is 29.5 Å². The molecule has 0 aliphatic heterocycles. The number of carbonyl (C=O) groups excluding carboxylic acids is 1. The largest absolute Gasteiger partial charge is 0.382 e. The number of fused-ring (bicyclic) bond motifs is 3. The topological polar surface area (TPSA) is 75.1 Å². The van der Waals surface area contributed by atoms with Crippen LogP contribution in [0.5, 0.6) is 0 Å². The lowest BCUT2D eigenvalue weighted by atomic mass is 9.91. The van der Waals surface area contributed by atoms with Gasteiger partial charge in [0.05, 0.1) is 17.8 Å². The Morgan fingerprint density at radius 1 is 0.875 bits per heavy atom. The van der Waals surface area contributed by atoms with Crippen LogP contribution in [0.2, 0.25) is 0 Å². The molecule has 3 aromatic carbocycles. The molecule has 2 N–H and O–H groups in total. The summed E-state index contributed by atoms with van der Waals surface area (Å²) in [7, 11) is 0. The molecule has 5 heteroatoms. The normalized spacial score (nSPS) is 13.0. The number of nitrogens with zero attached hydrogens (tertiary/aromatic N) is 2. The summed E-state index contributed by atoms with van der Waals surface area (Å²) in [5.74, 6) is 0.128. The monoisotopic (exact) mass is 421 g/mol. The summed E-state index contributed by atoms with van der Waals surface area (Å²) in [6.45, 7) is 0. The molecule has 0 radical (unpaired) electrons. The summed E-state index contributed by atoms with van der Waals surface area (Å²) < 4.78 is 0. The second kappa shape index (κ2) is 8.73. The van der Waals surface area contributed by atoms with Gasteiger partial charge in [0.25, 0.3) is 0 Å². The van der Waals surface area contributed by atoms with Crippen LogP contribution in [0, 0.1) is 0 Å². The average Bonchev–Trinajstić information content (AvgIpc) is 2.84. The van der Waals surface area contributed by atoms with Gasteiger partial charge in [-0.1, -0.05) is 84.9 Å². The highest BCUT2D eigenvalue weighted by Crippen LogP contribution is 2.35. The summed E-state index contributed by atoms with van der Waals surface area (Å²) in [6, 6.07) is 27.0.